The number of aryl methyl sites for hydroxylation is 1. The highest BCUT2D eigenvalue weighted by atomic mass is 16.3. The standard InChI is InChI=1S/C15H23NO2/c1-3-4-5-13-6-8-14(9-7-13)15(18)16-12(2)10-11-17/h6-9,12,17H,3-5,10-11H2,1-2H3,(H,16,18). The molecule has 0 bridgehead atoms. The summed E-state index contributed by atoms with van der Waals surface area (Å²) in [6.45, 7) is 4.16. The van der Waals surface area contributed by atoms with E-state index in [2.05, 4.69) is 12.2 Å². The van der Waals surface area contributed by atoms with Crippen LogP contribution in [0, 0.1) is 0 Å². The number of amides is 1. The van der Waals surface area contributed by atoms with Gasteiger partial charge in [-0.1, -0.05) is 25.5 Å². The second-order valence-electron chi connectivity index (χ2n) is 4.69. The molecule has 0 aromatic heterocycles. The number of aliphatic hydroxyl groups excluding tert-OH is 1. The summed E-state index contributed by atoms with van der Waals surface area (Å²) in [6, 6.07) is 7.77. The molecular formula is C15H23NO2. The van der Waals surface area contributed by atoms with Crippen LogP contribution in [-0.2, 0) is 6.42 Å². The van der Waals surface area contributed by atoms with Gasteiger partial charge in [0.05, 0.1) is 0 Å². The number of nitrogens with one attached hydrogen (secondary N) is 1. The van der Waals surface area contributed by atoms with Gasteiger partial charge in [-0.25, -0.2) is 0 Å². The molecule has 1 aromatic rings. The summed E-state index contributed by atoms with van der Waals surface area (Å²) in [5, 5.41) is 11.6. The SMILES string of the molecule is CCCCc1ccc(C(=O)NC(C)CCO)cc1. The second-order valence-corrected chi connectivity index (χ2v) is 4.69. The summed E-state index contributed by atoms with van der Waals surface area (Å²) in [4.78, 5) is 11.9. The normalized spacial score (nSPS) is 12.2. The van der Waals surface area contributed by atoms with Crippen molar-refractivity contribution in [2.24, 2.45) is 0 Å². The van der Waals surface area contributed by atoms with Crippen LogP contribution < -0.4 is 5.32 Å². The van der Waals surface area contributed by atoms with Gasteiger partial charge in [-0.05, 0) is 43.9 Å². The summed E-state index contributed by atoms with van der Waals surface area (Å²) >= 11 is 0. The first-order valence-electron chi connectivity index (χ1n) is 6.68. The maximum atomic E-state index is 11.9. The third kappa shape index (κ3) is 4.88. The number of unbranched alkanes of at least 4 members (excludes halogenated alkanes) is 1. The molecule has 0 aliphatic carbocycles. The molecule has 0 heterocycles. The monoisotopic (exact) mass is 249 g/mol. The minimum Gasteiger partial charge on any atom is -0.396 e. The summed E-state index contributed by atoms with van der Waals surface area (Å²) in [7, 11) is 0. The van der Waals surface area contributed by atoms with Crippen molar-refractivity contribution in [3.63, 3.8) is 0 Å². The predicted molar refractivity (Wildman–Crippen MR) is 73.7 cm³/mol. The van der Waals surface area contributed by atoms with E-state index in [1.54, 1.807) is 0 Å². The fraction of sp³-hybridized carbons (Fsp3) is 0.533. The van der Waals surface area contributed by atoms with E-state index in [0.29, 0.717) is 12.0 Å². The first kappa shape index (κ1) is 14.7. The quantitative estimate of drug-likeness (QED) is 0.780. The van der Waals surface area contributed by atoms with Gasteiger partial charge in [-0.2, -0.15) is 0 Å². The maximum absolute atomic E-state index is 11.9. The number of carbonyl (C=O) groups is 1. The Morgan fingerprint density at radius 3 is 2.56 bits per heavy atom. The molecule has 2 N–H and O–H groups in total. The molecule has 0 saturated heterocycles. The third-order valence-electron chi connectivity index (χ3n) is 2.97. The minimum absolute atomic E-state index is 0.00210. The van der Waals surface area contributed by atoms with E-state index >= 15 is 0 Å². The van der Waals surface area contributed by atoms with Crippen LogP contribution in [0.3, 0.4) is 0 Å². The van der Waals surface area contributed by atoms with Crippen LogP contribution in [0.25, 0.3) is 0 Å². The zero-order valence-corrected chi connectivity index (χ0v) is 11.3. The molecule has 0 fully saturated rings. The Balaban J connectivity index is 2.53. The Labute approximate surface area is 109 Å². The number of hydrogen-bond acceptors (Lipinski definition) is 2. The predicted octanol–water partition coefficient (Wildman–Crippen LogP) is 2.53. The Morgan fingerprint density at radius 2 is 2.00 bits per heavy atom. The largest absolute Gasteiger partial charge is 0.396 e. The molecule has 1 amide bonds. The minimum atomic E-state index is -0.0713. The molecule has 0 saturated carbocycles. The van der Waals surface area contributed by atoms with Crippen molar-refractivity contribution in [2.45, 2.75) is 45.6 Å². The number of hydrogen-bond donors (Lipinski definition) is 2. The summed E-state index contributed by atoms with van der Waals surface area (Å²) in [5.74, 6) is -0.0713. The second kappa shape index (κ2) is 7.88. The van der Waals surface area contributed by atoms with Crippen molar-refractivity contribution in [2.75, 3.05) is 6.61 Å². The molecule has 0 aliphatic heterocycles. The summed E-state index contributed by atoms with van der Waals surface area (Å²) in [6.07, 6.45) is 4.01. The topological polar surface area (TPSA) is 49.3 Å². The number of aliphatic hydroxyl groups is 1. The van der Waals surface area contributed by atoms with Crippen LogP contribution in [-0.4, -0.2) is 23.7 Å². The molecule has 1 rings (SSSR count). The van der Waals surface area contributed by atoms with Crippen molar-refractivity contribution in [3.8, 4) is 0 Å². The molecule has 3 heteroatoms. The number of rotatable bonds is 7. The molecule has 0 aliphatic rings. The van der Waals surface area contributed by atoms with E-state index in [-0.39, 0.29) is 18.6 Å². The first-order chi connectivity index (χ1) is 8.67. The Hall–Kier alpha value is -1.35. The van der Waals surface area contributed by atoms with E-state index in [0.717, 1.165) is 6.42 Å². The van der Waals surface area contributed by atoms with Crippen LogP contribution in [0.15, 0.2) is 24.3 Å². The molecule has 3 nitrogen and oxygen atoms in total. The van der Waals surface area contributed by atoms with Crippen LogP contribution >= 0.6 is 0 Å². The average Bonchev–Trinajstić information content (AvgIpc) is 2.37. The zero-order chi connectivity index (χ0) is 13.4. The van der Waals surface area contributed by atoms with Gasteiger partial charge in [0, 0.05) is 18.2 Å². The van der Waals surface area contributed by atoms with Crippen LogP contribution in [0.4, 0.5) is 0 Å². The van der Waals surface area contributed by atoms with E-state index in [1.807, 2.05) is 31.2 Å². The summed E-state index contributed by atoms with van der Waals surface area (Å²) in [5.41, 5.74) is 1.96. The van der Waals surface area contributed by atoms with Crippen LogP contribution in [0.5, 0.6) is 0 Å². The Kier molecular flexibility index (Phi) is 6.44. The van der Waals surface area contributed by atoms with Gasteiger partial charge in [-0.15, -0.1) is 0 Å². The van der Waals surface area contributed by atoms with E-state index in [1.165, 1.54) is 18.4 Å². The zero-order valence-electron chi connectivity index (χ0n) is 11.3. The first-order valence-corrected chi connectivity index (χ1v) is 6.68. The Bertz CT molecular complexity index is 359. The van der Waals surface area contributed by atoms with Crippen molar-refractivity contribution < 1.29 is 9.90 Å². The maximum Gasteiger partial charge on any atom is 0.251 e. The fourth-order valence-corrected chi connectivity index (χ4v) is 1.78. The van der Waals surface area contributed by atoms with Crippen molar-refractivity contribution in [1.82, 2.24) is 5.32 Å². The molecule has 0 spiro atoms. The van der Waals surface area contributed by atoms with Gasteiger partial charge in [0.1, 0.15) is 0 Å². The molecule has 1 unspecified atom stereocenters. The highest BCUT2D eigenvalue weighted by Crippen LogP contribution is 2.08. The van der Waals surface area contributed by atoms with Crippen molar-refractivity contribution in [1.29, 1.82) is 0 Å². The highest BCUT2D eigenvalue weighted by molar-refractivity contribution is 5.94. The fourth-order valence-electron chi connectivity index (χ4n) is 1.78. The van der Waals surface area contributed by atoms with E-state index < -0.39 is 0 Å². The van der Waals surface area contributed by atoms with Crippen molar-refractivity contribution in [3.05, 3.63) is 35.4 Å². The smallest absolute Gasteiger partial charge is 0.251 e. The Morgan fingerprint density at radius 1 is 1.33 bits per heavy atom. The van der Waals surface area contributed by atoms with Gasteiger partial charge in [0.25, 0.3) is 5.91 Å². The summed E-state index contributed by atoms with van der Waals surface area (Å²) < 4.78 is 0. The molecule has 1 aromatic carbocycles. The molecule has 0 radical (unpaired) electrons. The third-order valence-corrected chi connectivity index (χ3v) is 2.97. The molecule has 18 heavy (non-hydrogen) atoms. The van der Waals surface area contributed by atoms with E-state index in [4.69, 9.17) is 5.11 Å². The lowest BCUT2D eigenvalue weighted by Crippen LogP contribution is -2.33. The number of carbonyl (C=O) groups excluding carboxylic acids is 1. The van der Waals surface area contributed by atoms with Gasteiger partial charge < -0.3 is 10.4 Å². The molecule has 1 atom stereocenters. The van der Waals surface area contributed by atoms with Gasteiger partial charge in [0.2, 0.25) is 0 Å². The molecule has 100 valence electrons. The van der Waals surface area contributed by atoms with Gasteiger partial charge in [0.15, 0.2) is 0 Å². The van der Waals surface area contributed by atoms with Gasteiger partial charge in [-0.3, -0.25) is 4.79 Å². The van der Waals surface area contributed by atoms with E-state index in [9.17, 15) is 4.79 Å². The average molecular weight is 249 g/mol. The lowest BCUT2D eigenvalue weighted by molar-refractivity contribution is 0.0934. The van der Waals surface area contributed by atoms with Crippen LogP contribution in [0.2, 0.25) is 0 Å². The molecular weight excluding hydrogens is 226 g/mol. The van der Waals surface area contributed by atoms with Crippen LogP contribution in [0.1, 0.15) is 49.0 Å². The van der Waals surface area contributed by atoms with Gasteiger partial charge >= 0.3 is 0 Å². The highest BCUT2D eigenvalue weighted by Gasteiger charge is 2.08. The number of benzene rings is 1. The lowest BCUT2D eigenvalue weighted by Gasteiger charge is -2.12. The van der Waals surface area contributed by atoms with Crippen molar-refractivity contribution >= 4 is 5.91 Å². The lowest BCUT2D eigenvalue weighted by atomic mass is 10.1.